The molecule has 1 atom stereocenters. The maximum atomic E-state index is 12.1. The van der Waals surface area contributed by atoms with Gasteiger partial charge in [0.2, 0.25) is 5.91 Å². The predicted octanol–water partition coefficient (Wildman–Crippen LogP) is 2.80. The van der Waals surface area contributed by atoms with Gasteiger partial charge in [-0.2, -0.15) is 0 Å². The van der Waals surface area contributed by atoms with Crippen molar-refractivity contribution in [1.82, 2.24) is 9.88 Å². The maximum absolute atomic E-state index is 12.1. The van der Waals surface area contributed by atoms with Crippen molar-refractivity contribution < 1.29 is 4.79 Å². The Morgan fingerprint density at radius 1 is 1.29 bits per heavy atom. The average Bonchev–Trinajstić information content (AvgIpc) is 2.43. The minimum atomic E-state index is -0.197. The molecule has 21 heavy (non-hydrogen) atoms. The number of pyridine rings is 1. The van der Waals surface area contributed by atoms with E-state index in [9.17, 15) is 9.59 Å². The molecule has 0 aliphatic carbocycles. The van der Waals surface area contributed by atoms with Crippen molar-refractivity contribution in [2.45, 2.75) is 26.4 Å². The number of halogens is 1. The zero-order valence-electron chi connectivity index (χ0n) is 12.0. The summed E-state index contributed by atoms with van der Waals surface area (Å²) in [5.74, 6) is -0.189. The van der Waals surface area contributed by atoms with Gasteiger partial charge >= 0.3 is 0 Å². The highest BCUT2D eigenvalue weighted by atomic mass is 79.9. The Kier molecular flexibility index (Phi) is 4.96. The smallest absolute Gasteiger partial charge is 0.251 e. The third kappa shape index (κ3) is 4.04. The van der Waals surface area contributed by atoms with E-state index >= 15 is 0 Å². The highest BCUT2D eigenvalue weighted by molar-refractivity contribution is 9.10. The quantitative estimate of drug-likeness (QED) is 0.923. The van der Waals surface area contributed by atoms with Crippen LogP contribution in [0.5, 0.6) is 0 Å². The molecule has 4 nitrogen and oxygen atoms in total. The van der Waals surface area contributed by atoms with Crippen LogP contribution in [0.1, 0.15) is 24.1 Å². The van der Waals surface area contributed by atoms with Crippen molar-refractivity contribution in [2.24, 2.45) is 0 Å². The van der Waals surface area contributed by atoms with Crippen LogP contribution in [0.15, 0.2) is 51.9 Å². The number of carbonyl (C=O) groups excluding carboxylic acids is 1. The molecule has 2 aromatic rings. The fourth-order valence-electron chi connectivity index (χ4n) is 2.22. The SMILES string of the molecule is Cc1ccccc1C(C)NC(=O)Cn1cc(Br)ccc1=O. The number of nitrogens with one attached hydrogen (secondary N) is 1. The minimum Gasteiger partial charge on any atom is -0.348 e. The molecule has 0 aliphatic heterocycles. The minimum absolute atomic E-state index is 0.00843. The topological polar surface area (TPSA) is 51.1 Å². The van der Waals surface area contributed by atoms with Crippen molar-refractivity contribution in [2.75, 3.05) is 0 Å². The number of nitrogens with zero attached hydrogens (tertiary/aromatic N) is 1. The van der Waals surface area contributed by atoms with Crippen LogP contribution < -0.4 is 10.9 Å². The number of benzene rings is 1. The van der Waals surface area contributed by atoms with Crippen LogP contribution in [0.25, 0.3) is 0 Å². The zero-order chi connectivity index (χ0) is 15.4. The lowest BCUT2D eigenvalue weighted by atomic mass is 10.0. The van der Waals surface area contributed by atoms with E-state index in [4.69, 9.17) is 0 Å². The standard InChI is InChI=1S/C16H17BrN2O2/c1-11-5-3-4-6-14(11)12(2)18-15(20)10-19-9-13(17)7-8-16(19)21/h3-9,12H,10H2,1-2H3,(H,18,20). The second kappa shape index (κ2) is 6.72. The van der Waals surface area contributed by atoms with E-state index in [0.29, 0.717) is 0 Å². The third-order valence-corrected chi connectivity index (χ3v) is 3.76. The lowest BCUT2D eigenvalue weighted by Crippen LogP contribution is -2.33. The maximum Gasteiger partial charge on any atom is 0.251 e. The van der Waals surface area contributed by atoms with Gasteiger partial charge in [0.25, 0.3) is 5.56 Å². The van der Waals surface area contributed by atoms with Crippen molar-refractivity contribution >= 4 is 21.8 Å². The van der Waals surface area contributed by atoms with Gasteiger partial charge in [0.15, 0.2) is 0 Å². The van der Waals surface area contributed by atoms with E-state index in [0.717, 1.165) is 15.6 Å². The summed E-state index contributed by atoms with van der Waals surface area (Å²) in [6.07, 6.45) is 1.61. The largest absolute Gasteiger partial charge is 0.348 e. The summed E-state index contributed by atoms with van der Waals surface area (Å²) in [5, 5.41) is 2.92. The Morgan fingerprint density at radius 3 is 2.71 bits per heavy atom. The second-order valence-corrected chi connectivity index (χ2v) is 5.87. The number of hydrogen-bond acceptors (Lipinski definition) is 2. The Balaban J connectivity index is 2.07. The summed E-state index contributed by atoms with van der Waals surface area (Å²) in [5.41, 5.74) is 2.01. The van der Waals surface area contributed by atoms with E-state index < -0.39 is 0 Å². The molecule has 5 heteroatoms. The van der Waals surface area contributed by atoms with Crippen molar-refractivity contribution in [1.29, 1.82) is 0 Å². The third-order valence-electron chi connectivity index (χ3n) is 3.29. The molecule has 1 unspecified atom stereocenters. The van der Waals surface area contributed by atoms with E-state index in [2.05, 4.69) is 21.2 Å². The Morgan fingerprint density at radius 2 is 2.00 bits per heavy atom. The number of rotatable bonds is 4. The Labute approximate surface area is 131 Å². The molecular formula is C16H17BrN2O2. The fraction of sp³-hybridized carbons (Fsp3) is 0.250. The first-order chi connectivity index (χ1) is 9.97. The highest BCUT2D eigenvalue weighted by Crippen LogP contribution is 2.16. The van der Waals surface area contributed by atoms with Gasteiger partial charge in [-0.05, 0) is 47.0 Å². The van der Waals surface area contributed by atoms with Gasteiger partial charge in [-0.25, -0.2) is 0 Å². The van der Waals surface area contributed by atoms with Crippen LogP contribution in [-0.4, -0.2) is 10.5 Å². The Bertz CT molecular complexity index is 709. The summed E-state index contributed by atoms with van der Waals surface area (Å²) in [6.45, 7) is 3.95. The lowest BCUT2D eigenvalue weighted by Gasteiger charge is -2.17. The number of aryl methyl sites for hydroxylation is 1. The van der Waals surface area contributed by atoms with Gasteiger partial charge in [-0.3, -0.25) is 9.59 Å². The number of carbonyl (C=O) groups is 1. The number of aromatic nitrogens is 1. The predicted molar refractivity (Wildman–Crippen MR) is 86.1 cm³/mol. The molecule has 0 spiro atoms. The molecule has 1 N–H and O–H groups in total. The van der Waals surface area contributed by atoms with E-state index in [1.807, 2.05) is 38.1 Å². The van der Waals surface area contributed by atoms with Crippen LogP contribution in [0, 0.1) is 6.92 Å². The molecular weight excluding hydrogens is 332 g/mol. The van der Waals surface area contributed by atoms with Crippen LogP contribution >= 0.6 is 15.9 Å². The fourth-order valence-corrected chi connectivity index (χ4v) is 2.60. The molecule has 1 heterocycles. The summed E-state index contributed by atoms with van der Waals surface area (Å²) in [7, 11) is 0. The zero-order valence-corrected chi connectivity index (χ0v) is 13.6. The first kappa shape index (κ1) is 15.5. The van der Waals surface area contributed by atoms with E-state index in [1.165, 1.54) is 10.6 Å². The van der Waals surface area contributed by atoms with Crippen molar-refractivity contribution in [3.8, 4) is 0 Å². The van der Waals surface area contributed by atoms with Crippen LogP contribution in [0.4, 0.5) is 0 Å². The summed E-state index contributed by atoms with van der Waals surface area (Å²) in [6, 6.07) is 10.9. The molecule has 0 radical (unpaired) electrons. The first-order valence-corrected chi connectivity index (χ1v) is 7.47. The molecule has 1 aromatic heterocycles. The molecule has 0 saturated heterocycles. The molecule has 0 bridgehead atoms. The number of hydrogen-bond donors (Lipinski definition) is 1. The van der Waals surface area contributed by atoms with Gasteiger partial charge < -0.3 is 9.88 Å². The van der Waals surface area contributed by atoms with Crippen LogP contribution in [0.3, 0.4) is 0 Å². The van der Waals surface area contributed by atoms with Crippen molar-refractivity contribution in [3.05, 3.63) is 68.5 Å². The van der Waals surface area contributed by atoms with Gasteiger partial charge in [0, 0.05) is 16.7 Å². The molecule has 1 amide bonds. The number of amides is 1. The summed E-state index contributed by atoms with van der Waals surface area (Å²) in [4.78, 5) is 23.8. The highest BCUT2D eigenvalue weighted by Gasteiger charge is 2.12. The molecule has 0 aliphatic rings. The summed E-state index contributed by atoms with van der Waals surface area (Å²) >= 11 is 3.29. The van der Waals surface area contributed by atoms with Gasteiger partial charge in [-0.15, -0.1) is 0 Å². The molecule has 2 rings (SSSR count). The summed E-state index contributed by atoms with van der Waals surface area (Å²) < 4.78 is 2.14. The molecule has 110 valence electrons. The normalized spacial score (nSPS) is 12.0. The van der Waals surface area contributed by atoms with Crippen LogP contribution in [-0.2, 0) is 11.3 Å². The first-order valence-electron chi connectivity index (χ1n) is 6.68. The average molecular weight is 349 g/mol. The van der Waals surface area contributed by atoms with E-state index in [-0.39, 0.29) is 24.1 Å². The molecule has 0 saturated carbocycles. The van der Waals surface area contributed by atoms with Gasteiger partial charge in [0.05, 0.1) is 6.04 Å². The molecule has 0 fully saturated rings. The second-order valence-electron chi connectivity index (χ2n) is 4.96. The van der Waals surface area contributed by atoms with Crippen LogP contribution in [0.2, 0.25) is 0 Å². The monoisotopic (exact) mass is 348 g/mol. The Hall–Kier alpha value is -1.88. The lowest BCUT2D eigenvalue weighted by molar-refractivity contribution is -0.122. The molecule has 1 aromatic carbocycles. The van der Waals surface area contributed by atoms with Gasteiger partial charge in [-0.1, -0.05) is 24.3 Å². The van der Waals surface area contributed by atoms with Gasteiger partial charge in [0.1, 0.15) is 6.54 Å². The van der Waals surface area contributed by atoms with E-state index in [1.54, 1.807) is 12.3 Å². The van der Waals surface area contributed by atoms with Crippen molar-refractivity contribution in [3.63, 3.8) is 0 Å².